The Balaban J connectivity index is 1.57. The number of rotatable bonds is 7. The number of benzene rings is 1. The van der Waals surface area contributed by atoms with Gasteiger partial charge in [-0.15, -0.1) is 0 Å². The second-order valence-electron chi connectivity index (χ2n) is 7.68. The van der Waals surface area contributed by atoms with Crippen LogP contribution >= 0.6 is 0 Å². The normalized spacial score (nSPS) is 16.0. The van der Waals surface area contributed by atoms with Crippen LogP contribution in [0.1, 0.15) is 51.0 Å². The first-order valence-corrected chi connectivity index (χ1v) is 10.3. The van der Waals surface area contributed by atoms with E-state index in [0.717, 1.165) is 42.1 Å². The van der Waals surface area contributed by atoms with Crippen LogP contribution in [-0.4, -0.2) is 41.5 Å². The molecule has 0 saturated heterocycles. The van der Waals surface area contributed by atoms with Crippen LogP contribution in [0.4, 0.5) is 0 Å². The Morgan fingerprint density at radius 3 is 2.59 bits per heavy atom. The molecular weight excluding hydrogens is 370 g/mol. The molecule has 1 aromatic heterocycles. The summed E-state index contributed by atoms with van der Waals surface area (Å²) in [6.45, 7) is 1.02. The van der Waals surface area contributed by atoms with Crippen molar-refractivity contribution in [1.29, 1.82) is 0 Å². The van der Waals surface area contributed by atoms with Crippen molar-refractivity contribution in [1.82, 2.24) is 15.6 Å². The molecule has 1 heterocycles. The molecule has 1 aliphatic rings. The molecule has 1 fully saturated rings. The molecule has 7 heteroatoms. The number of esters is 1. The van der Waals surface area contributed by atoms with E-state index in [1.807, 2.05) is 30.5 Å². The maximum Gasteiger partial charge on any atom is 0.329 e. The predicted molar refractivity (Wildman–Crippen MR) is 110 cm³/mol. The highest BCUT2D eigenvalue weighted by Gasteiger charge is 2.24. The Labute approximate surface area is 170 Å². The third-order valence-corrected chi connectivity index (χ3v) is 5.33. The molecule has 0 unspecified atom stereocenters. The van der Waals surface area contributed by atoms with Gasteiger partial charge in [-0.25, -0.2) is 4.79 Å². The van der Waals surface area contributed by atoms with Crippen molar-refractivity contribution in [3.8, 4) is 0 Å². The lowest BCUT2D eigenvalue weighted by Gasteiger charge is -2.18. The number of carbonyl (C=O) groups excluding carboxylic acids is 3. The summed E-state index contributed by atoms with van der Waals surface area (Å²) in [4.78, 5) is 39.5. The van der Waals surface area contributed by atoms with E-state index in [1.54, 1.807) is 0 Å². The third-order valence-electron chi connectivity index (χ3n) is 5.33. The lowest BCUT2D eigenvalue weighted by molar-refractivity contribution is -0.151. The van der Waals surface area contributed by atoms with Gasteiger partial charge in [-0.3, -0.25) is 9.59 Å². The van der Waals surface area contributed by atoms with E-state index < -0.39 is 12.0 Å². The minimum Gasteiger partial charge on any atom is -0.454 e. The lowest BCUT2D eigenvalue weighted by Crippen LogP contribution is -2.44. The number of nitrogens with one attached hydrogen (secondary N) is 3. The second-order valence-corrected chi connectivity index (χ2v) is 7.68. The molecule has 0 spiro atoms. The first kappa shape index (κ1) is 20.9. The molecule has 2 aromatic rings. The van der Waals surface area contributed by atoms with Gasteiger partial charge >= 0.3 is 5.97 Å². The van der Waals surface area contributed by atoms with Crippen molar-refractivity contribution in [2.24, 2.45) is 0 Å². The molecule has 1 aromatic carbocycles. The first-order chi connectivity index (χ1) is 14.0. The number of H-pyrrole nitrogens is 1. The number of fused-ring (bicyclic) bond motifs is 1. The Morgan fingerprint density at radius 1 is 1.14 bits per heavy atom. The summed E-state index contributed by atoms with van der Waals surface area (Å²) in [5.41, 5.74) is 1.86. The zero-order valence-electron chi connectivity index (χ0n) is 16.8. The van der Waals surface area contributed by atoms with Gasteiger partial charge in [-0.2, -0.15) is 0 Å². The highest BCUT2D eigenvalue weighted by molar-refractivity contribution is 5.88. The van der Waals surface area contributed by atoms with Gasteiger partial charge in [-0.1, -0.05) is 43.9 Å². The molecule has 7 nitrogen and oxygen atoms in total. The maximum atomic E-state index is 12.6. The van der Waals surface area contributed by atoms with Crippen molar-refractivity contribution < 1.29 is 19.1 Å². The molecule has 156 valence electrons. The average molecular weight is 399 g/mol. The van der Waals surface area contributed by atoms with Crippen LogP contribution in [0.3, 0.4) is 0 Å². The Hall–Kier alpha value is -2.83. The number of hydrogen-bond acceptors (Lipinski definition) is 4. The number of carbonyl (C=O) groups is 3. The van der Waals surface area contributed by atoms with Gasteiger partial charge in [-0.05, 0) is 24.5 Å². The summed E-state index contributed by atoms with van der Waals surface area (Å²) in [5, 5.41) is 6.58. The van der Waals surface area contributed by atoms with Gasteiger partial charge in [0.05, 0.1) is 0 Å². The van der Waals surface area contributed by atoms with Crippen LogP contribution in [0.2, 0.25) is 0 Å². The zero-order valence-corrected chi connectivity index (χ0v) is 16.8. The average Bonchev–Trinajstić information content (AvgIpc) is 2.92. The number of para-hydroxylation sites is 1. The van der Waals surface area contributed by atoms with E-state index in [9.17, 15) is 14.4 Å². The van der Waals surface area contributed by atoms with Crippen LogP contribution in [0.25, 0.3) is 10.9 Å². The van der Waals surface area contributed by atoms with Crippen molar-refractivity contribution in [3.05, 3.63) is 36.0 Å². The number of amides is 2. The van der Waals surface area contributed by atoms with E-state index in [4.69, 9.17) is 4.74 Å². The van der Waals surface area contributed by atoms with E-state index in [1.165, 1.54) is 19.8 Å². The summed E-state index contributed by atoms with van der Waals surface area (Å²) in [6, 6.07) is 7.05. The lowest BCUT2D eigenvalue weighted by atomic mass is 10.0. The highest BCUT2D eigenvalue weighted by Crippen LogP contribution is 2.20. The quantitative estimate of drug-likeness (QED) is 0.492. The molecule has 0 aliphatic heterocycles. The Kier molecular flexibility index (Phi) is 7.27. The summed E-state index contributed by atoms with van der Waals surface area (Å²) >= 11 is 0. The first-order valence-electron chi connectivity index (χ1n) is 10.3. The summed E-state index contributed by atoms with van der Waals surface area (Å²) in [7, 11) is 0. The minimum atomic E-state index is -0.850. The summed E-state index contributed by atoms with van der Waals surface area (Å²) in [5.74, 6) is -1.23. The third kappa shape index (κ3) is 6.07. The smallest absolute Gasteiger partial charge is 0.329 e. The van der Waals surface area contributed by atoms with Gasteiger partial charge < -0.3 is 20.4 Å². The molecule has 1 aliphatic carbocycles. The van der Waals surface area contributed by atoms with Crippen LogP contribution < -0.4 is 10.6 Å². The Bertz CT molecular complexity index is 853. The SMILES string of the molecule is CC(=O)N[C@@H](Cc1c[nH]c2ccccc12)C(=O)OCC(=O)NC1CCCCCC1. The van der Waals surface area contributed by atoms with Crippen LogP contribution in [0.5, 0.6) is 0 Å². The number of ether oxygens (including phenoxy) is 1. The van der Waals surface area contributed by atoms with Crippen LogP contribution in [0.15, 0.2) is 30.5 Å². The van der Waals surface area contributed by atoms with Crippen molar-refractivity contribution >= 4 is 28.7 Å². The van der Waals surface area contributed by atoms with Gasteiger partial charge in [0.1, 0.15) is 6.04 Å². The Morgan fingerprint density at radius 2 is 1.86 bits per heavy atom. The molecule has 1 atom stereocenters. The van der Waals surface area contributed by atoms with Gasteiger partial charge in [0.15, 0.2) is 6.61 Å². The number of hydrogen-bond donors (Lipinski definition) is 3. The monoisotopic (exact) mass is 399 g/mol. The van der Waals surface area contributed by atoms with E-state index >= 15 is 0 Å². The topological polar surface area (TPSA) is 100 Å². The van der Waals surface area contributed by atoms with Crippen LogP contribution in [0, 0.1) is 0 Å². The fourth-order valence-corrected chi connectivity index (χ4v) is 3.89. The highest BCUT2D eigenvalue weighted by atomic mass is 16.5. The summed E-state index contributed by atoms with van der Waals surface area (Å²) in [6.07, 6.45) is 8.67. The maximum absolute atomic E-state index is 12.6. The van der Waals surface area contributed by atoms with Crippen molar-refractivity contribution in [2.45, 2.75) is 64.0 Å². The molecule has 0 radical (unpaired) electrons. The van der Waals surface area contributed by atoms with E-state index in [0.29, 0.717) is 0 Å². The second kappa shape index (κ2) is 10.1. The molecule has 0 bridgehead atoms. The predicted octanol–water partition coefficient (Wildman–Crippen LogP) is 2.60. The van der Waals surface area contributed by atoms with E-state index in [2.05, 4.69) is 15.6 Å². The molecule has 2 amide bonds. The number of aromatic nitrogens is 1. The zero-order chi connectivity index (χ0) is 20.6. The van der Waals surface area contributed by atoms with Crippen molar-refractivity contribution in [3.63, 3.8) is 0 Å². The number of aromatic amines is 1. The van der Waals surface area contributed by atoms with Crippen molar-refractivity contribution in [2.75, 3.05) is 6.61 Å². The largest absolute Gasteiger partial charge is 0.454 e. The minimum absolute atomic E-state index is 0.154. The standard InChI is InChI=1S/C22H29N3O4/c1-15(26)24-20(12-16-13-23-19-11-7-6-10-18(16)19)22(28)29-14-21(27)25-17-8-4-2-3-5-9-17/h6-7,10-11,13,17,20,23H,2-5,8-9,12,14H2,1H3,(H,24,26)(H,25,27)/t20-/m0/s1. The molecule has 29 heavy (non-hydrogen) atoms. The molecule has 3 N–H and O–H groups in total. The van der Waals surface area contributed by atoms with E-state index in [-0.39, 0.29) is 30.9 Å². The van der Waals surface area contributed by atoms with Crippen LogP contribution in [-0.2, 0) is 25.5 Å². The van der Waals surface area contributed by atoms with Gasteiger partial charge in [0, 0.05) is 36.5 Å². The molecule has 3 rings (SSSR count). The fourth-order valence-electron chi connectivity index (χ4n) is 3.89. The van der Waals surface area contributed by atoms with Gasteiger partial charge in [0.2, 0.25) is 5.91 Å². The fraction of sp³-hybridized carbons (Fsp3) is 0.500. The summed E-state index contributed by atoms with van der Waals surface area (Å²) < 4.78 is 5.22. The molecule has 1 saturated carbocycles. The van der Waals surface area contributed by atoms with Gasteiger partial charge in [0.25, 0.3) is 5.91 Å². The molecular formula is C22H29N3O4.